The smallest absolute Gasteiger partial charge is 0.410 e. The van der Waals surface area contributed by atoms with Gasteiger partial charge in [0.05, 0.1) is 22.7 Å². The number of aromatic nitrogens is 3. The van der Waals surface area contributed by atoms with Gasteiger partial charge in [-0.25, -0.2) is 28.2 Å². The van der Waals surface area contributed by atoms with Gasteiger partial charge in [-0.1, -0.05) is 48.0 Å². The number of pyridine rings is 1. The molecule has 1 aliphatic rings. The van der Waals surface area contributed by atoms with Gasteiger partial charge in [0.15, 0.2) is 0 Å². The molecule has 1 atom stereocenters. The molecule has 0 unspecified atom stereocenters. The summed E-state index contributed by atoms with van der Waals surface area (Å²) in [6.07, 6.45) is 4.66. The second kappa shape index (κ2) is 14.5. The molecule has 0 radical (unpaired) electrons. The second-order valence-electron chi connectivity index (χ2n) is 13.2. The van der Waals surface area contributed by atoms with Crippen LogP contribution in [0.1, 0.15) is 44.7 Å². The zero-order chi connectivity index (χ0) is 35.5. The number of carbonyl (C=O) groups excluding carboxylic acids is 1. The Balaban J connectivity index is 1.23. The summed E-state index contributed by atoms with van der Waals surface area (Å²) < 4.78 is 41.2. The Morgan fingerprint density at radius 2 is 1.78 bits per heavy atom. The van der Waals surface area contributed by atoms with E-state index < -0.39 is 15.6 Å². The highest BCUT2D eigenvalue weighted by Gasteiger charge is 2.28. The molecular formula is C37H39ClN6O5S. The monoisotopic (exact) mass is 714 g/mol. The Bertz CT molecular complexity index is 2120. The van der Waals surface area contributed by atoms with Crippen molar-refractivity contribution in [1.29, 1.82) is 0 Å². The van der Waals surface area contributed by atoms with Crippen LogP contribution in [0.3, 0.4) is 0 Å². The Morgan fingerprint density at radius 3 is 2.56 bits per heavy atom. The van der Waals surface area contributed by atoms with Crippen LogP contribution >= 0.6 is 11.6 Å². The van der Waals surface area contributed by atoms with E-state index in [-0.39, 0.29) is 17.9 Å². The van der Waals surface area contributed by atoms with Crippen molar-refractivity contribution in [3.63, 3.8) is 0 Å². The van der Waals surface area contributed by atoms with Crippen molar-refractivity contribution in [2.75, 3.05) is 23.1 Å². The minimum atomic E-state index is -3.74. The van der Waals surface area contributed by atoms with Crippen molar-refractivity contribution in [2.45, 2.75) is 57.9 Å². The van der Waals surface area contributed by atoms with Crippen LogP contribution in [0.15, 0.2) is 85.2 Å². The molecule has 6 rings (SSSR count). The number of nitrogens with one attached hydrogen (secondary N) is 2. The zero-order valence-electron chi connectivity index (χ0n) is 28.3. The van der Waals surface area contributed by atoms with Crippen LogP contribution in [0.5, 0.6) is 11.6 Å². The van der Waals surface area contributed by atoms with E-state index in [4.69, 9.17) is 26.1 Å². The fourth-order valence-electron chi connectivity index (χ4n) is 5.78. The number of piperidine rings is 1. The number of fused-ring (bicyclic) bond motifs is 1. The molecule has 2 aromatic heterocycles. The van der Waals surface area contributed by atoms with Gasteiger partial charge < -0.3 is 19.7 Å². The highest BCUT2D eigenvalue weighted by Crippen LogP contribution is 2.39. The van der Waals surface area contributed by atoms with Crippen LogP contribution in [-0.2, 0) is 20.5 Å². The van der Waals surface area contributed by atoms with Crippen molar-refractivity contribution >= 4 is 50.1 Å². The number of ether oxygens (including phenoxy) is 2. The van der Waals surface area contributed by atoms with Gasteiger partial charge in [0.2, 0.25) is 21.9 Å². The van der Waals surface area contributed by atoms with Crippen LogP contribution < -0.4 is 14.8 Å². The maximum absolute atomic E-state index is 13.2. The quantitative estimate of drug-likeness (QED) is 0.155. The molecule has 3 heterocycles. The number of anilines is 2. The predicted octanol–water partition coefficient (Wildman–Crippen LogP) is 8.20. The van der Waals surface area contributed by atoms with Gasteiger partial charge in [-0.2, -0.15) is 0 Å². The van der Waals surface area contributed by atoms with Gasteiger partial charge in [-0.05, 0) is 88.1 Å². The molecule has 1 saturated heterocycles. The van der Waals surface area contributed by atoms with Gasteiger partial charge in [0, 0.05) is 47.3 Å². The van der Waals surface area contributed by atoms with Gasteiger partial charge in [0.25, 0.3) is 0 Å². The lowest BCUT2D eigenvalue weighted by molar-refractivity contribution is 0.0206. The number of hydrogen-bond donors (Lipinski definition) is 2. The molecule has 0 bridgehead atoms. The molecule has 0 spiro atoms. The Morgan fingerprint density at radius 1 is 0.980 bits per heavy atom. The highest BCUT2D eigenvalue weighted by molar-refractivity contribution is 7.91. The van der Waals surface area contributed by atoms with E-state index in [9.17, 15) is 13.2 Å². The summed E-state index contributed by atoms with van der Waals surface area (Å²) in [5.41, 5.74) is 2.57. The molecule has 1 aliphatic heterocycles. The van der Waals surface area contributed by atoms with E-state index in [1.807, 2.05) is 52.0 Å². The first-order chi connectivity index (χ1) is 23.8. The third kappa shape index (κ3) is 8.61. The van der Waals surface area contributed by atoms with Crippen molar-refractivity contribution in [3.05, 3.63) is 101 Å². The van der Waals surface area contributed by atoms with Gasteiger partial charge >= 0.3 is 6.09 Å². The number of likely N-dealkylation sites (tertiary alicyclic amines) is 1. The maximum atomic E-state index is 13.2. The Hall–Kier alpha value is -4.94. The molecule has 0 aliphatic carbocycles. The second-order valence-corrected chi connectivity index (χ2v) is 15.4. The standard InChI is InChI=1S/C37H39ClN6O5S/c1-24-12-17-28-29(9-5-11-32(28)43-50(46,47)23-25-13-15-26(38)16-14-25)33(24)48-34-30(10-6-19-39-34)31-18-20-40-35(42-31)41-27-8-7-21-44(22-27)36(45)49-37(2,3)4/h5-6,9-20,27,43H,7-8,21-23H2,1-4H3,(H,40,41,42)/t27-/m0/s1. The first kappa shape index (κ1) is 34.9. The number of nitrogens with zero attached hydrogens (tertiary/aromatic N) is 4. The molecule has 1 fully saturated rings. The molecular weight excluding hydrogens is 676 g/mol. The summed E-state index contributed by atoms with van der Waals surface area (Å²) in [4.78, 5) is 28.2. The van der Waals surface area contributed by atoms with Gasteiger partial charge in [0.1, 0.15) is 11.4 Å². The van der Waals surface area contributed by atoms with Crippen molar-refractivity contribution in [3.8, 4) is 22.9 Å². The van der Waals surface area contributed by atoms with E-state index >= 15 is 0 Å². The van der Waals surface area contributed by atoms with E-state index in [0.29, 0.717) is 69.0 Å². The van der Waals surface area contributed by atoms with Crippen molar-refractivity contribution in [2.24, 2.45) is 0 Å². The van der Waals surface area contributed by atoms with Crippen LogP contribution in [0.25, 0.3) is 22.0 Å². The number of rotatable bonds is 9. The maximum Gasteiger partial charge on any atom is 0.410 e. The normalized spacial score (nSPS) is 15.1. The predicted molar refractivity (Wildman–Crippen MR) is 196 cm³/mol. The minimum Gasteiger partial charge on any atom is -0.444 e. The molecule has 50 heavy (non-hydrogen) atoms. The number of hydrogen-bond acceptors (Lipinski definition) is 9. The summed E-state index contributed by atoms with van der Waals surface area (Å²) in [6.45, 7) is 8.60. The highest BCUT2D eigenvalue weighted by atomic mass is 35.5. The molecule has 11 nitrogen and oxygen atoms in total. The first-order valence-corrected chi connectivity index (χ1v) is 18.3. The molecule has 13 heteroatoms. The third-order valence-corrected chi connectivity index (χ3v) is 9.55. The number of aryl methyl sites for hydroxylation is 1. The zero-order valence-corrected chi connectivity index (χ0v) is 29.9. The summed E-state index contributed by atoms with van der Waals surface area (Å²) in [6, 6.07) is 21.3. The van der Waals surface area contributed by atoms with E-state index in [2.05, 4.69) is 20.0 Å². The Labute approximate surface area is 297 Å². The fourth-order valence-corrected chi connectivity index (χ4v) is 7.12. The SMILES string of the molecule is Cc1ccc2c(NS(=O)(=O)Cc3ccc(Cl)cc3)cccc2c1Oc1ncccc1-c1ccnc(N[C@H]2CCCN(C(=O)OC(C)(C)C)C2)n1. The lowest BCUT2D eigenvalue weighted by atomic mass is 10.0. The Kier molecular flexibility index (Phi) is 10.1. The summed E-state index contributed by atoms with van der Waals surface area (Å²) in [5.74, 6) is 1.09. The molecule has 260 valence electrons. The number of benzene rings is 3. The number of amides is 1. The van der Waals surface area contributed by atoms with E-state index in [1.165, 1.54) is 0 Å². The largest absolute Gasteiger partial charge is 0.444 e. The minimum absolute atomic E-state index is 0.0488. The van der Waals surface area contributed by atoms with Crippen LogP contribution in [0.2, 0.25) is 5.02 Å². The average molecular weight is 715 g/mol. The molecule has 0 saturated carbocycles. The van der Waals surface area contributed by atoms with Gasteiger partial charge in [-0.15, -0.1) is 0 Å². The summed E-state index contributed by atoms with van der Waals surface area (Å²) >= 11 is 5.97. The third-order valence-electron chi connectivity index (χ3n) is 8.05. The van der Waals surface area contributed by atoms with Gasteiger partial charge in [-0.3, -0.25) is 4.72 Å². The number of carbonyl (C=O) groups is 1. The average Bonchev–Trinajstić information content (AvgIpc) is 3.07. The number of halogens is 1. The fraction of sp³-hybridized carbons (Fsp3) is 0.297. The molecule has 5 aromatic rings. The lowest BCUT2D eigenvalue weighted by Gasteiger charge is -2.34. The summed E-state index contributed by atoms with van der Waals surface area (Å²) in [5, 5.41) is 5.31. The van der Waals surface area contributed by atoms with Crippen molar-refractivity contribution in [1.82, 2.24) is 19.9 Å². The van der Waals surface area contributed by atoms with Crippen molar-refractivity contribution < 1.29 is 22.7 Å². The number of sulfonamides is 1. The molecule has 2 N–H and O–H groups in total. The van der Waals surface area contributed by atoms with Crippen LogP contribution in [-0.4, -0.2) is 59.1 Å². The lowest BCUT2D eigenvalue weighted by Crippen LogP contribution is -2.47. The van der Waals surface area contributed by atoms with E-state index in [1.54, 1.807) is 65.8 Å². The van der Waals surface area contributed by atoms with Crippen LogP contribution in [0, 0.1) is 6.92 Å². The topological polar surface area (TPSA) is 136 Å². The van der Waals surface area contributed by atoms with E-state index in [0.717, 1.165) is 18.4 Å². The molecule has 3 aromatic carbocycles. The first-order valence-electron chi connectivity index (χ1n) is 16.3. The summed E-state index contributed by atoms with van der Waals surface area (Å²) in [7, 11) is -3.74. The van der Waals surface area contributed by atoms with Crippen LogP contribution in [0.4, 0.5) is 16.4 Å². The molecule has 1 amide bonds.